The Morgan fingerprint density at radius 2 is 1.85 bits per heavy atom. The van der Waals surface area contributed by atoms with Gasteiger partial charge < -0.3 is 24.9 Å². The largest absolute Gasteiger partial charge is 0.457 e. The Morgan fingerprint density at radius 1 is 1.07 bits per heavy atom. The summed E-state index contributed by atoms with van der Waals surface area (Å²) in [5.74, 6) is -1.75. The molecule has 8 nitrogen and oxygen atoms in total. The van der Waals surface area contributed by atoms with Gasteiger partial charge in [-0.15, -0.1) is 0 Å². The SMILES string of the molecule is N[C@@H](CCCCNC(=O)OCc1ccccc1)C(=O)OC(=O)c1ccco1. The molecule has 0 spiro atoms. The van der Waals surface area contributed by atoms with Crippen molar-refractivity contribution in [1.29, 1.82) is 0 Å². The van der Waals surface area contributed by atoms with E-state index >= 15 is 0 Å². The molecular weight excluding hydrogens is 352 g/mol. The van der Waals surface area contributed by atoms with Gasteiger partial charge in [0.05, 0.1) is 6.26 Å². The van der Waals surface area contributed by atoms with E-state index in [1.54, 1.807) is 0 Å². The predicted octanol–water partition coefficient (Wildman–Crippen LogP) is 2.39. The van der Waals surface area contributed by atoms with E-state index in [4.69, 9.17) is 14.9 Å². The fourth-order valence-electron chi connectivity index (χ4n) is 2.18. The normalized spacial score (nSPS) is 11.4. The van der Waals surface area contributed by atoms with Gasteiger partial charge >= 0.3 is 18.0 Å². The molecule has 1 atom stereocenters. The maximum Gasteiger partial charge on any atom is 0.407 e. The number of hydrogen-bond donors (Lipinski definition) is 2. The maximum atomic E-state index is 11.7. The molecule has 0 saturated heterocycles. The molecular formula is C19H22N2O6. The molecule has 27 heavy (non-hydrogen) atoms. The summed E-state index contributed by atoms with van der Waals surface area (Å²) in [6.45, 7) is 0.591. The standard InChI is InChI=1S/C19H22N2O6/c20-15(17(22)27-18(23)16-10-6-12-25-16)9-4-5-11-21-19(24)26-13-14-7-2-1-3-8-14/h1-3,6-8,10,12,15H,4-5,9,11,13,20H2,(H,21,24)/t15-/m0/s1. The van der Waals surface area contributed by atoms with Crippen molar-refractivity contribution >= 4 is 18.0 Å². The maximum absolute atomic E-state index is 11.7. The lowest BCUT2D eigenvalue weighted by Crippen LogP contribution is -2.34. The van der Waals surface area contributed by atoms with Gasteiger partial charge in [-0.25, -0.2) is 14.4 Å². The molecule has 2 rings (SSSR count). The zero-order chi connectivity index (χ0) is 19.5. The smallest absolute Gasteiger partial charge is 0.407 e. The van der Waals surface area contributed by atoms with E-state index in [-0.39, 0.29) is 12.4 Å². The second-order valence-corrected chi connectivity index (χ2v) is 5.78. The molecule has 1 heterocycles. The summed E-state index contributed by atoms with van der Waals surface area (Å²) in [5, 5.41) is 2.62. The first kappa shape index (κ1) is 20.2. The van der Waals surface area contributed by atoms with Gasteiger partial charge in [0.2, 0.25) is 5.76 Å². The Morgan fingerprint density at radius 3 is 2.56 bits per heavy atom. The average Bonchev–Trinajstić information content (AvgIpc) is 3.21. The molecule has 0 saturated carbocycles. The third kappa shape index (κ3) is 7.33. The molecule has 1 amide bonds. The van der Waals surface area contributed by atoms with Crippen LogP contribution in [0.3, 0.4) is 0 Å². The molecule has 0 unspecified atom stereocenters. The topological polar surface area (TPSA) is 121 Å². The number of nitrogens with two attached hydrogens (primary N) is 1. The summed E-state index contributed by atoms with van der Waals surface area (Å²) in [6.07, 6.45) is 2.30. The zero-order valence-electron chi connectivity index (χ0n) is 14.8. The van der Waals surface area contributed by atoms with E-state index in [1.807, 2.05) is 30.3 Å². The molecule has 8 heteroatoms. The van der Waals surface area contributed by atoms with Crippen molar-refractivity contribution in [2.24, 2.45) is 5.73 Å². The summed E-state index contributed by atoms with van der Waals surface area (Å²) in [4.78, 5) is 34.9. The fourth-order valence-corrected chi connectivity index (χ4v) is 2.18. The quantitative estimate of drug-likeness (QED) is 0.393. The van der Waals surface area contributed by atoms with Crippen LogP contribution in [0.4, 0.5) is 4.79 Å². The van der Waals surface area contributed by atoms with E-state index in [9.17, 15) is 14.4 Å². The number of rotatable bonds is 9. The Bertz CT molecular complexity index is 730. The number of ether oxygens (including phenoxy) is 2. The van der Waals surface area contributed by atoms with Gasteiger partial charge in [0, 0.05) is 6.54 Å². The number of esters is 2. The highest BCUT2D eigenvalue weighted by Crippen LogP contribution is 2.06. The number of amides is 1. The summed E-state index contributed by atoms with van der Waals surface area (Å²) >= 11 is 0. The van der Waals surface area contributed by atoms with Crippen LogP contribution in [0.5, 0.6) is 0 Å². The van der Waals surface area contributed by atoms with Gasteiger partial charge in [-0.3, -0.25) is 0 Å². The van der Waals surface area contributed by atoms with Crippen molar-refractivity contribution in [2.75, 3.05) is 6.54 Å². The van der Waals surface area contributed by atoms with Crippen LogP contribution >= 0.6 is 0 Å². The van der Waals surface area contributed by atoms with E-state index in [0.29, 0.717) is 25.8 Å². The number of carbonyl (C=O) groups is 3. The summed E-state index contributed by atoms with van der Waals surface area (Å²) in [5.41, 5.74) is 6.61. The second-order valence-electron chi connectivity index (χ2n) is 5.78. The van der Waals surface area contributed by atoms with Crippen molar-refractivity contribution in [3.8, 4) is 0 Å². The Labute approximate surface area is 156 Å². The first-order valence-electron chi connectivity index (χ1n) is 8.56. The fraction of sp³-hybridized carbons (Fsp3) is 0.316. The van der Waals surface area contributed by atoms with Gasteiger partial charge in [0.25, 0.3) is 0 Å². The summed E-state index contributed by atoms with van der Waals surface area (Å²) in [7, 11) is 0. The van der Waals surface area contributed by atoms with Crippen LogP contribution in [0.25, 0.3) is 0 Å². The number of unbranched alkanes of at least 4 members (excludes halogenated alkanes) is 1. The highest BCUT2D eigenvalue weighted by molar-refractivity contribution is 5.96. The van der Waals surface area contributed by atoms with Crippen LogP contribution in [0.2, 0.25) is 0 Å². The Kier molecular flexibility index (Phi) is 8.05. The van der Waals surface area contributed by atoms with Gasteiger partial charge in [-0.2, -0.15) is 0 Å². The highest BCUT2D eigenvalue weighted by Gasteiger charge is 2.21. The number of alkyl carbamates (subject to hydrolysis) is 1. The van der Waals surface area contributed by atoms with Crippen LogP contribution < -0.4 is 11.1 Å². The number of carbonyl (C=O) groups excluding carboxylic acids is 3. The monoisotopic (exact) mass is 374 g/mol. The lowest BCUT2D eigenvalue weighted by atomic mass is 10.1. The van der Waals surface area contributed by atoms with Crippen molar-refractivity contribution < 1.29 is 28.3 Å². The van der Waals surface area contributed by atoms with Crippen LogP contribution in [-0.2, 0) is 20.9 Å². The zero-order valence-corrected chi connectivity index (χ0v) is 14.8. The number of hydrogen-bond acceptors (Lipinski definition) is 7. The molecule has 0 fully saturated rings. The second kappa shape index (κ2) is 10.8. The minimum atomic E-state index is -0.922. The number of benzene rings is 1. The molecule has 3 N–H and O–H groups in total. The molecule has 0 radical (unpaired) electrons. The van der Waals surface area contributed by atoms with Gasteiger partial charge in [0.15, 0.2) is 0 Å². The first-order chi connectivity index (χ1) is 13.1. The molecule has 2 aromatic rings. The minimum Gasteiger partial charge on any atom is -0.457 e. The third-order valence-electron chi connectivity index (χ3n) is 3.64. The summed E-state index contributed by atoms with van der Waals surface area (Å²) < 4.78 is 14.6. The molecule has 1 aromatic heterocycles. The van der Waals surface area contributed by atoms with E-state index in [1.165, 1.54) is 18.4 Å². The van der Waals surface area contributed by atoms with Crippen molar-refractivity contribution in [3.63, 3.8) is 0 Å². The van der Waals surface area contributed by atoms with Crippen LogP contribution in [0.15, 0.2) is 53.1 Å². The van der Waals surface area contributed by atoms with Crippen molar-refractivity contribution in [3.05, 3.63) is 60.1 Å². The molecule has 0 aliphatic rings. The predicted molar refractivity (Wildman–Crippen MR) is 95.6 cm³/mol. The number of furan rings is 1. The molecule has 0 aliphatic carbocycles. The highest BCUT2D eigenvalue weighted by atomic mass is 16.6. The van der Waals surface area contributed by atoms with Crippen molar-refractivity contribution in [2.45, 2.75) is 31.9 Å². The number of nitrogens with one attached hydrogen (secondary N) is 1. The van der Waals surface area contributed by atoms with E-state index in [2.05, 4.69) is 10.1 Å². The first-order valence-corrected chi connectivity index (χ1v) is 8.56. The Balaban J connectivity index is 1.54. The minimum absolute atomic E-state index is 0.0613. The average molecular weight is 374 g/mol. The van der Waals surface area contributed by atoms with E-state index in [0.717, 1.165) is 5.56 Å². The van der Waals surface area contributed by atoms with Crippen LogP contribution in [0, 0.1) is 0 Å². The van der Waals surface area contributed by atoms with E-state index < -0.39 is 24.1 Å². The molecule has 1 aromatic carbocycles. The lowest BCUT2D eigenvalue weighted by molar-refractivity contribution is -0.139. The van der Waals surface area contributed by atoms with Gasteiger partial charge in [0.1, 0.15) is 12.6 Å². The lowest BCUT2D eigenvalue weighted by Gasteiger charge is -2.10. The summed E-state index contributed by atoms with van der Waals surface area (Å²) in [6, 6.07) is 11.3. The van der Waals surface area contributed by atoms with Gasteiger partial charge in [-0.05, 0) is 37.0 Å². The third-order valence-corrected chi connectivity index (χ3v) is 3.64. The van der Waals surface area contributed by atoms with Crippen LogP contribution in [0.1, 0.15) is 35.4 Å². The van der Waals surface area contributed by atoms with Gasteiger partial charge in [-0.1, -0.05) is 30.3 Å². The van der Waals surface area contributed by atoms with Crippen LogP contribution in [-0.4, -0.2) is 30.6 Å². The molecule has 144 valence electrons. The van der Waals surface area contributed by atoms with Crippen molar-refractivity contribution in [1.82, 2.24) is 5.32 Å². The molecule has 0 aliphatic heterocycles. The molecule has 0 bridgehead atoms. The Hall–Kier alpha value is -3.13.